The number of amides is 1. The van der Waals surface area contributed by atoms with Gasteiger partial charge in [-0.05, 0) is 28.7 Å². The Morgan fingerprint density at radius 2 is 1.69 bits per heavy atom. The van der Waals surface area contributed by atoms with Crippen LogP contribution in [0, 0.1) is 0 Å². The second-order valence-electron chi connectivity index (χ2n) is 7.54. The van der Waals surface area contributed by atoms with Gasteiger partial charge >= 0.3 is 12.1 Å². The average Bonchev–Trinajstić information content (AvgIpc) is 3.30. The molecule has 4 rings (SSSR count). The lowest BCUT2D eigenvalue weighted by Gasteiger charge is -2.22. The van der Waals surface area contributed by atoms with E-state index in [1.54, 1.807) is 0 Å². The number of aliphatic carboxylic acids is 1. The molecule has 0 spiro atoms. The van der Waals surface area contributed by atoms with E-state index in [0.29, 0.717) is 13.0 Å². The molecule has 1 saturated heterocycles. The zero-order valence-corrected chi connectivity index (χ0v) is 16.4. The zero-order chi connectivity index (χ0) is 20.4. The molecular formula is C23H25NO5. The standard InChI is InChI=1S/C23H25NO5/c1-2-11-28-15-12-21(22(25)26)24(13-15)23(27)29-14-20-18-9-5-3-7-16(18)17-8-4-6-10-19(17)20/h3-10,15,20-21H,2,11-14H2,1H3,(H,25,26). The Morgan fingerprint density at radius 3 is 2.28 bits per heavy atom. The minimum atomic E-state index is -1.03. The minimum absolute atomic E-state index is 0.0515. The predicted molar refractivity (Wildman–Crippen MR) is 108 cm³/mol. The molecule has 29 heavy (non-hydrogen) atoms. The SMILES string of the molecule is CCCOC1CC(C(=O)O)N(C(=O)OCC2c3ccccc3-c3ccccc32)C1. The first-order valence-corrected chi connectivity index (χ1v) is 10.1. The molecule has 0 saturated carbocycles. The second-order valence-corrected chi connectivity index (χ2v) is 7.54. The first kappa shape index (κ1) is 19.5. The van der Waals surface area contributed by atoms with Gasteiger partial charge in [0.15, 0.2) is 0 Å². The lowest BCUT2D eigenvalue weighted by atomic mass is 9.98. The summed E-state index contributed by atoms with van der Waals surface area (Å²) in [5.74, 6) is -1.08. The summed E-state index contributed by atoms with van der Waals surface area (Å²) in [5.41, 5.74) is 4.56. The van der Waals surface area contributed by atoms with E-state index in [2.05, 4.69) is 24.3 Å². The van der Waals surface area contributed by atoms with E-state index in [4.69, 9.17) is 9.47 Å². The molecule has 2 aromatic carbocycles. The van der Waals surface area contributed by atoms with Gasteiger partial charge in [-0.2, -0.15) is 0 Å². The van der Waals surface area contributed by atoms with Crippen molar-refractivity contribution >= 4 is 12.1 Å². The molecule has 1 heterocycles. The third kappa shape index (κ3) is 3.72. The van der Waals surface area contributed by atoms with Gasteiger partial charge in [0.2, 0.25) is 0 Å². The van der Waals surface area contributed by atoms with Crippen LogP contribution in [-0.2, 0) is 14.3 Å². The fourth-order valence-electron chi connectivity index (χ4n) is 4.32. The van der Waals surface area contributed by atoms with E-state index in [9.17, 15) is 14.7 Å². The van der Waals surface area contributed by atoms with Gasteiger partial charge in [0.25, 0.3) is 0 Å². The summed E-state index contributed by atoms with van der Waals surface area (Å²) in [6, 6.07) is 15.3. The van der Waals surface area contributed by atoms with Crippen LogP contribution in [0.4, 0.5) is 4.79 Å². The number of fused-ring (bicyclic) bond motifs is 3. The summed E-state index contributed by atoms with van der Waals surface area (Å²) in [4.78, 5) is 25.7. The number of carboxylic acids is 1. The number of carboxylic acid groups (broad SMARTS) is 1. The maximum atomic E-state index is 12.7. The highest BCUT2D eigenvalue weighted by atomic mass is 16.6. The third-order valence-electron chi connectivity index (χ3n) is 5.68. The molecule has 0 radical (unpaired) electrons. The van der Waals surface area contributed by atoms with Gasteiger partial charge in [-0.1, -0.05) is 55.5 Å². The van der Waals surface area contributed by atoms with E-state index < -0.39 is 18.1 Å². The first-order valence-electron chi connectivity index (χ1n) is 10.1. The predicted octanol–water partition coefficient (Wildman–Crippen LogP) is 3.89. The Labute approximate surface area is 170 Å². The van der Waals surface area contributed by atoms with Crippen molar-refractivity contribution in [2.45, 2.75) is 37.8 Å². The highest BCUT2D eigenvalue weighted by Crippen LogP contribution is 2.44. The highest BCUT2D eigenvalue weighted by molar-refractivity contribution is 5.81. The minimum Gasteiger partial charge on any atom is -0.480 e. The molecule has 1 aliphatic heterocycles. The van der Waals surface area contributed by atoms with E-state index in [-0.39, 0.29) is 25.2 Å². The summed E-state index contributed by atoms with van der Waals surface area (Å²) < 4.78 is 11.3. The van der Waals surface area contributed by atoms with Crippen LogP contribution in [0.2, 0.25) is 0 Å². The number of carbonyl (C=O) groups is 2. The molecule has 6 heteroatoms. The number of benzene rings is 2. The summed E-state index contributed by atoms with van der Waals surface area (Å²) in [5, 5.41) is 9.51. The van der Waals surface area contributed by atoms with Crippen LogP contribution in [0.1, 0.15) is 36.8 Å². The van der Waals surface area contributed by atoms with E-state index in [1.165, 1.54) is 4.90 Å². The molecule has 0 bridgehead atoms. The topological polar surface area (TPSA) is 76.1 Å². The number of carbonyl (C=O) groups excluding carboxylic acids is 1. The molecule has 0 aromatic heterocycles. The van der Waals surface area contributed by atoms with E-state index in [0.717, 1.165) is 28.7 Å². The highest BCUT2D eigenvalue weighted by Gasteiger charge is 2.41. The van der Waals surface area contributed by atoms with Crippen molar-refractivity contribution in [2.75, 3.05) is 19.8 Å². The Bertz CT molecular complexity index is 866. The number of hydrogen-bond acceptors (Lipinski definition) is 4. The molecule has 6 nitrogen and oxygen atoms in total. The number of hydrogen-bond donors (Lipinski definition) is 1. The zero-order valence-electron chi connectivity index (χ0n) is 16.4. The van der Waals surface area contributed by atoms with Crippen LogP contribution >= 0.6 is 0 Å². The lowest BCUT2D eigenvalue weighted by molar-refractivity contribution is -0.141. The number of likely N-dealkylation sites (tertiary alicyclic amines) is 1. The summed E-state index contributed by atoms with van der Waals surface area (Å²) >= 11 is 0. The second kappa shape index (κ2) is 8.25. The molecule has 1 N–H and O–H groups in total. The van der Waals surface area contributed by atoms with Crippen molar-refractivity contribution in [2.24, 2.45) is 0 Å². The maximum Gasteiger partial charge on any atom is 0.410 e. The Balaban J connectivity index is 1.47. The van der Waals surface area contributed by atoms with Gasteiger partial charge in [-0.25, -0.2) is 9.59 Å². The van der Waals surface area contributed by atoms with Crippen LogP contribution < -0.4 is 0 Å². The summed E-state index contributed by atoms with van der Waals surface area (Å²) in [6.45, 7) is 2.96. The van der Waals surface area contributed by atoms with Gasteiger partial charge in [0.05, 0.1) is 12.6 Å². The van der Waals surface area contributed by atoms with Crippen molar-refractivity contribution in [3.8, 4) is 11.1 Å². The van der Waals surface area contributed by atoms with Crippen LogP contribution in [0.3, 0.4) is 0 Å². The summed E-state index contributed by atoms with van der Waals surface area (Å²) in [7, 11) is 0. The molecule has 2 aromatic rings. The lowest BCUT2D eigenvalue weighted by Crippen LogP contribution is -2.41. The fraction of sp³-hybridized carbons (Fsp3) is 0.391. The molecule has 1 amide bonds. The van der Waals surface area contributed by atoms with Crippen LogP contribution in [0.15, 0.2) is 48.5 Å². The largest absolute Gasteiger partial charge is 0.480 e. The van der Waals surface area contributed by atoms with Crippen molar-refractivity contribution < 1.29 is 24.2 Å². The van der Waals surface area contributed by atoms with E-state index in [1.807, 2.05) is 31.2 Å². The van der Waals surface area contributed by atoms with Crippen molar-refractivity contribution in [1.82, 2.24) is 4.90 Å². The molecular weight excluding hydrogens is 370 g/mol. The van der Waals surface area contributed by atoms with Crippen molar-refractivity contribution in [3.63, 3.8) is 0 Å². The Morgan fingerprint density at radius 1 is 1.07 bits per heavy atom. The molecule has 1 aliphatic carbocycles. The average molecular weight is 395 g/mol. The van der Waals surface area contributed by atoms with Crippen LogP contribution in [0.25, 0.3) is 11.1 Å². The molecule has 152 valence electrons. The number of nitrogens with zero attached hydrogens (tertiary/aromatic N) is 1. The first-order chi connectivity index (χ1) is 14.1. The van der Waals surface area contributed by atoms with Crippen molar-refractivity contribution in [1.29, 1.82) is 0 Å². The summed E-state index contributed by atoms with van der Waals surface area (Å²) in [6.07, 6.45) is 0.275. The van der Waals surface area contributed by atoms with Gasteiger partial charge < -0.3 is 14.6 Å². The molecule has 2 atom stereocenters. The smallest absolute Gasteiger partial charge is 0.410 e. The van der Waals surface area contributed by atoms with E-state index >= 15 is 0 Å². The quantitative estimate of drug-likeness (QED) is 0.803. The van der Waals surface area contributed by atoms with Gasteiger partial charge in [0, 0.05) is 18.9 Å². The number of rotatable bonds is 6. The maximum absolute atomic E-state index is 12.7. The monoisotopic (exact) mass is 395 g/mol. The normalized spacial score (nSPS) is 20.4. The van der Waals surface area contributed by atoms with Gasteiger partial charge in [-0.3, -0.25) is 4.90 Å². The van der Waals surface area contributed by atoms with Crippen LogP contribution in [-0.4, -0.2) is 54.0 Å². The van der Waals surface area contributed by atoms with Gasteiger partial charge in [-0.15, -0.1) is 0 Å². The Kier molecular flexibility index (Phi) is 5.53. The van der Waals surface area contributed by atoms with Crippen LogP contribution in [0.5, 0.6) is 0 Å². The van der Waals surface area contributed by atoms with Crippen molar-refractivity contribution in [3.05, 3.63) is 59.7 Å². The van der Waals surface area contributed by atoms with Gasteiger partial charge in [0.1, 0.15) is 12.6 Å². The molecule has 2 unspecified atom stereocenters. The Hall–Kier alpha value is -2.86. The number of ether oxygens (including phenoxy) is 2. The molecule has 1 fully saturated rings. The fourth-order valence-corrected chi connectivity index (χ4v) is 4.32. The molecule has 2 aliphatic rings. The third-order valence-corrected chi connectivity index (χ3v) is 5.68.